The van der Waals surface area contributed by atoms with Gasteiger partial charge >= 0.3 is 0 Å². The van der Waals surface area contributed by atoms with Crippen molar-refractivity contribution in [2.45, 2.75) is 0 Å². The van der Waals surface area contributed by atoms with E-state index in [-0.39, 0.29) is 0 Å². The maximum atomic E-state index is 6.03. The summed E-state index contributed by atoms with van der Waals surface area (Å²) in [6, 6.07) is 17.2. The summed E-state index contributed by atoms with van der Waals surface area (Å²) in [6.45, 7) is 0. The average Bonchev–Trinajstić information content (AvgIpc) is 2.90. The molecule has 0 saturated carbocycles. The molecule has 0 bridgehead atoms. The minimum absolute atomic E-state index is 0.576. The molecule has 0 aliphatic carbocycles. The zero-order valence-corrected chi connectivity index (χ0v) is 11.2. The molecule has 0 unspecified atom stereocenters. The first-order chi connectivity index (χ1) is 10.2. The fraction of sp³-hybridized carbons (Fsp3) is 0. The van der Waals surface area contributed by atoms with Crippen LogP contribution in [-0.4, -0.2) is 4.98 Å². The van der Waals surface area contributed by atoms with E-state index in [0.717, 1.165) is 27.5 Å². The number of nitrogens with zero attached hydrogens (tertiary/aromatic N) is 1. The lowest BCUT2D eigenvalue weighted by Gasteiger charge is -2.05. The Labute approximate surface area is 121 Å². The SMILES string of the molecule is Nc1ccc2nc(-c3cccc4c(N)cccc34)oc2c1. The second kappa shape index (κ2) is 4.24. The van der Waals surface area contributed by atoms with Crippen LogP contribution in [0, 0.1) is 0 Å². The molecule has 4 nitrogen and oxygen atoms in total. The monoisotopic (exact) mass is 275 g/mol. The van der Waals surface area contributed by atoms with Gasteiger partial charge < -0.3 is 15.9 Å². The third-order valence-electron chi connectivity index (χ3n) is 3.60. The highest BCUT2D eigenvalue weighted by Gasteiger charge is 2.12. The molecule has 4 heteroatoms. The van der Waals surface area contributed by atoms with Gasteiger partial charge in [-0.3, -0.25) is 0 Å². The van der Waals surface area contributed by atoms with Gasteiger partial charge in [0.25, 0.3) is 0 Å². The van der Waals surface area contributed by atoms with Gasteiger partial charge in [0.05, 0.1) is 0 Å². The molecule has 0 aliphatic heterocycles. The van der Waals surface area contributed by atoms with E-state index < -0.39 is 0 Å². The highest BCUT2D eigenvalue weighted by Crippen LogP contribution is 2.32. The second-order valence-electron chi connectivity index (χ2n) is 4.99. The molecule has 0 aliphatic rings. The maximum absolute atomic E-state index is 6.03. The predicted molar refractivity (Wildman–Crippen MR) is 85.8 cm³/mol. The number of hydrogen-bond acceptors (Lipinski definition) is 4. The fourth-order valence-electron chi connectivity index (χ4n) is 2.58. The summed E-state index contributed by atoms with van der Waals surface area (Å²) in [7, 11) is 0. The zero-order valence-electron chi connectivity index (χ0n) is 11.2. The topological polar surface area (TPSA) is 78.1 Å². The van der Waals surface area contributed by atoms with Crippen molar-refractivity contribution in [3.63, 3.8) is 0 Å². The number of rotatable bonds is 1. The van der Waals surface area contributed by atoms with E-state index in [4.69, 9.17) is 15.9 Å². The summed E-state index contributed by atoms with van der Waals surface area (Å²) >= 11 is 0. The van der Waals surface area contributed by atoms with Crippen molar-refractivity contribution in [1.29, 1.82) is 0 Å². The Kier molecular flexibility index (Phi) is 2.38. The van der Waals surface area contributed by atoms with Gasteiger partial charge in [-0.25, -0.2) is 4.98 Å². The van der Waals surface area contributed by atoms with E-state index in [2.05, 4.69) is 4.98 Å². The molecule has 0 atom stereocenters. The third-order valence-corrected chi connectivity index (χ3v) is 3.60. The number of fused-ring (bicyclic) bond motifs is 2. The van der Waals surface area contributed by atoms with Crippen LogP contribution < -0.4 is 11.5 Å². The summed E-state index contributed by atoms with van der Waals surface area (Å²) in [6.07, 6.45) is 0. The first-order valence-corrected chi connectivity index (χ1v) is 6.66. The zero-order chi connectivity index (χ0) is 14.4. The van der Waals surface area contributed by atoms with Gasteiger partial charge in [0.15, 0.2) is 5.58 Å². The van der Waals surface area contributed by atoms with Crippen molar-refractivity contribution in [2.24, 2.45) is 0 Å². The van der Waals surface area contributed by atoms with Crippen molar-refractivity contribution >= 4 is 33.2 Å². The predicted octanol–water partition coefficient (Wildman–Crippen LogP) is 3.81. The number of nitrogens with two attached hydrogens (primary N) is 2. The van der Waals surface area contributed by atoms with Crippen LogP contribution in [0.4, 0.5) is 11.4 Å². The van der Waals surface area contributed by atoms with E-state index in [9.17, 15) is 0 Å². The Morgan fingerprint density at radius 3 is 2.57 bits per heavy atom. The van der Waals surface area contributed by atoms with Crippen LogP contribution >= 0.6 is 0 Å². The van der Waals surface area contributed by atoms with Crippen molar-refractivity contribution in [2.75, 3.05) is 11.5 Å². The minimum Gasteiger partial charge on any atom is -0.436 e. The highest BCUT2D eigenvalue weighted by atomic mass is 16.3. The van der Waals surface area contributed by atoms with Gasteiger partial charge in [0.2, 0.25) is 5.89 Å². The Bertz CT molecular complexity index is 972. The molecule has 0 spiro atoms. The molecule has 3 aromatic carbocycles. The van der Waals surface area contributed by atoms with Gasteiger partial charge in [-0.2, -0.15) is 0 Å². The maximum Gasteiger partial charge on any atom is 0.227 e. The standard InChI is InChI=1S/C17H13N3O/c18-10-7-8-15-16(9-10)21-17(20-15)13-5-1-4-12-11(13)3-2-6-14(12)19/h1-9H,18-19H2. The summed E-state index contributed by atoms with van der Waals surface area (Å²) in [5.41, 5.74) is 15.6. The summed E-state index contributed by atoms with van der Waals surface area (Å²) in [5, 5.41) is 2.02. The average molecular weight is 275 g/mol. The molecule has 1 heterocycles. The van der Waals surface area contributed by atoms with Crippen LogP contribution in [0.2, 0.25) is 0 Å². The van der Waals surface area contributed by atoms with Crippen molar-refractivity contribution in [1.82, 2.24) is 4.98 Å². The number of aromatic nitrogens is 1. The number of hydrogen-bond donors (Lipinski definition) is 2. The highest BCUT2D eigenvalue weighted by molar-refractivity contribution is 6.01. The summed E-state index contributed by atoms with van der Waals surface area (Å²) in [4.78, 5) is 4.54. The first-order valence-electron chi connectivity index (χ1n) is 6.66. The van der Waals surface area contributed by atoms with Crippen molar-refractivity contribution in [3.8, 4) is 11.5 Å². The van der Waals surface area contributed by atoms with Crippen LogP contribution in [0.5, 0.6) is 0 Å². The van der Waals surface area contributed by atoms with Gasteiger partial charge in [-0.15, -0.1) is 0 Å². The number of anilines is 2. The van der Waals surface area contributed by atoms with E-state index in [0.29, 0.717) is 17.2 Å². The molecule has 0 fully saturated rings. The molecule has 4 N–H and O–H groups in total. The molecular formula is C17H13N3O. The Morgan fingerprint density at radius 1 is 0.857 bits per heavy atom. The molecular weight excluding hydrogens is 262 g/mol. The molecule has 21 heavy (non-hydrogen) atoms. The van der Waals surface area contributed by atoms with Crippen molar-refractivity contribution < 1.29 is 4.42 Å². The lowest BCUT2D eigenvalue weighted by Crippen LogP contribution is -1.88. The van der Waals surface area contributed by atoms with Crippen LogP contribution in [-0.2, 0) is 0 Å². The fourth-order valence-corrected chi connectivity index (χ4v) is 2.58. The second-order valence-corrected chi connectivity index (χ2v) is 4.99. The molecule has 102 valence electrons. The summed E-state index contributed by atoms with van der Waals surface area (Å²) in [5.74, 6) is 0.576. The van der Waals surface area contributed by atoms with E-state index in [1.807, 2.05) is 48.5 Å². The van der Waals surface area contributed by atoms with Crippen LogP contribution in [0.15, 0.2) is 59.0 Å². The first kappa shape index (κ1) is 11.8. The largest absolute Gasteiger partial charge is 0.436 e. The van der Waals surface area contributed by atoms with E-state index >= 15 is 0 Å². The third kappa shape index (κ3) is 1.80. The normalized spacial score (nSPS) is 11.2. The van der Waals surface area contributed by atoms with Crippen LogP contribution in [0.25, 0.3) is 33.3 Å². The number of benzene rings is 3. The van der Waals surface area contributed by atoms with Crippen molar-refractivity contribution in [3.05, 3.63) is 54.6 Å². The molecule has 4 rings (SSSR count). The van der Waals surface area contributed by atoms with Gasteiger partial charge in [-0.1, -0.05) is 24.3 Å². The van der Waals surface area contributed by atoms with Gasteiger partial charge in [0, 0.05) is 28.4 Å². The molecule has 0 radical (unpaired) electrons. The number of oxazole rings is 1. The Hall–Kier alpha value is -3.01. The summed E-state index contributed by atoms with van der Waals surface area (Å²) < 4.78 is 5.85. The quantitative estimate of drug-likeness (QED) is 0.518. The minimum atomic E-state index is 0.576. The molecule has 0 amide bonds. The Morgan fingerprint density at radius 2 is 1.67 bits per heavy atom. The Balaban J connectivity index is 2.02. The lowest BCUT2D eigenvalue weighted by molar-refractivity contribution is 0.621. The smallest absolute Gasteiger partial charge is 0.227 e. The molecule has 1 aromatic heterocycles. The molecule has 0 saturated heterocycles. The van der Waals surface area contributed by atoms with Gasteiger partial charge in [0.1, 0.15) is 5.52 Å². The van der Waals surface area contributed by atoms with Crippen LogP contribution in [0.1, 0.15) is 0 Å². The van der Waals surface area contributed by atoms with E-state index in [1.165, 1.54) is 0 Å². The molecule has 4 aromatic rings. The van der Waals surface area contributed by atoms with Crippen LogP contribution in [0.3, 0.4) is 0 Å². The number of nitrogen functional groups attached to an aromatic ring is 2. The van der Waals surface area contributed by atoms with Gasteiger partial charge in [-0.05, 0) is 29.7 Å². The lowest BCUT2D eigenvalue weighted by atomic mass is 10.0. The van der Waals surface area contributed by atoms with E-state index in [1.54, 1.807) is 6.07 Å².